The molecule has 6 heteroatoms. The van der Waals surface area contributed by atoms with Gasteiger partial charge in [0.2, 0.25) is 12.5 Å². The number of aromatic amines is 1. The molecule has 3 heterocycles. The van der Waals surface area contributed by atoms with E-state index in [1.54, 1.807) is 14.2 Å². The molecule has 0 fully saturated rings. The summed E-state index contributed by atoms with van der Waals surface area (Å²) in [7, 11) is 5.53. The lowest BCUT2D eigenvalue weighted by Gasteiger charge is -2.35. The van der Waals surface area contributed by atoms with Crippen LogP contribution in [-0.2, 0) is 6.42 Å². The molecule has 0 aliphatic carbocycles. The summed E-state index contributed by atoms with van der Waals surface area (Å²) in [6.45, 7) is 1.20. The molecule has 3 aromatic rings. The predicted molar refractivity (Wildman–Crippen MR) is 102 cm³/mol. The monoisotopic (exact) mass is 366 g/mol. The summed E-state index contributed by atoms with van der Waals surface area (Å²) in [6, 6.07) is 8.32. The Morgan fingerprint density at radius 1 is 1.15 bits per heavy atom. The number of H-pyrrole nitrogens is 1. The van der Waals surface area contributed by atoms with Gasteiger partial charge in [0.1, 0.15) is 5.75 Å². The van der Waals surface area contributed by atoms with Crippen LogP contribution < -0.4 is 18.9 Å². The number of hydrogen-bond donors (Lipinski definition) is 1. The molecule has 1 aromatic heterocycles. The highest BCUT2D eigenvalue weighted by Gasteiger charge is 2.35. The molecule has 1 N–H and O–H groups in total. The first-order chi connectivity index (χ1) is 13.2. The van der Waals surface area contributed by atoms with Crippen molar-refractivity contribution in [1.29, 1.82) is 0 Å². The maximum atomic E-state index is 5.82. The largest absolute Gasteiger partial charge is 0.497 e. The average Bonchev–Trinajstić information content (AvgIpc) is 3.32. The topological polar surface area (TPSA) is 56.0 Å². The number of nitrogens with zero attached hydrogens (tertiary/aromatic N) is 1. The average molecular weight is 366 g/mol. The molecule has 140 valence electrons. The van der Waals surface area contributed by atoms with Crippen LogP contribution in [0.2, 0.25) is 0 Å². The minimum atomic E-state index is 0.0698. The van der Waals surface area contributed by atoms with Crippen molar-refractivity contribution in [2.24, 2.45) is 0 Å². The van der Waals surface area contributed by atoms with Crippen molar-refractivity contribution < 1.29 is 18.9 Å². The molecule has 0 radical (unpaired) electrons. The Morgan fingerprint density at radius 2 is 2.04 bits per heavy atom. The fourth-order valence-corrected chi connectivity index (χ4v) is 4.31. The van der Waals surface area contributed by atoms with Crippen molar-refractivity contribution in [3.8, 4) is 23.0 Å². The molecule has 2 aliphatic rings. The van der Waals surface area contributed by atoms with E-state index >= 15 is 0 Å². The number of likely N-dealkylation sites (N-methyl/N-ethyl adjacent to an activating group) is 1. The normalized spacial score (nSPS) is 18.6. The second-order valence-corrected chi connectivity index (χ2v) is 7.01. The van der Waals surface area contributed by atoms with Gasteiger partial charge < -0.3 is 23.9 Å². The second kappa shape index (κ2) is 6.09. The first-order valence-electron chi connectivity index (χ1n) is 9.06. The summed E-state index contributed by atoms with van der Waals surface area (Å²) in [5.41, 5.74) is 4.69. The van der Waals surface area contributed by atoms with Crippen molar-refractivity contribution in [3.05, 3.63) is 47.2 Å². The van der Waals surface area contributed by atoms with Gasteiger partial charge in [0.05, 0.1) is 20.3 Å². The van der Waals surface area contributed by atoms with E-state index in [4.69, 9.17) is 18.9 Å². The quantitative estimate of drug-likeness (QED) is 0.769. The Hall–Kier alpha value is -2.86. The summed E-state index contributed by atoms with van der Waals surface area (Å²) < 4.78 is 22.5. The third-order valence-electron chi connectivity index (χ3n) is 5.61. The second-order valence-electron chi connectivity index (χ2n) is 7.01. The van der Waals surface area contributed by atoms with Crippen LogP contribution in [0.4, 0.5) is 0 Å². The molecule has 0 amide bonds. The van der Waals surface area contributed by atoms with E-state index in [9.17, 15) is 0 Å². The Balaban J connectivity index is 1.73. The lowest BCUT2D eigenvalue weighted by Crippen LogP contribution is -2.33. The van der Waals surface area contributed by atoms with Crippen molar-refractivity contribution in [1.82, 2.24) is 9.88 Å². The lowest BCUT2D eigenvalue weighted by molar-refractivity contribution is 0.171. The van der Waals surface area contributed by atoms with E-state index in [0.717, 1.165) is 41.3 Å². The minimum absolute atomic E-state index is 0.0698. The summed E-state index contributed by atoms with van der Waals surface area (Å²) in [5, 5.41) is 1.18. The molecule has 2 aliphatic heterocycles. The number of benzene rings is 2. The number of ether oxygens (including phenoxy) is 4. The third-order valence-corrected chi connectivity index (χ3v) is 5.61. The van der Waals surface area contributed by atoms with Gasteiger partial charge in [0.15, 0.2) is 11.5 Å². The van der Waals surface area contributed by atoms with E-state index in [1.165, 1.54) is 16.5 Å². The molecule has 0 saturated carbocycles. The molecule has 27 heavy (non-hydrogen) atoms. The van der Waals surface area contributed by atoms with Crippen LogP contribution in [0.15, 0.2) is 30.5 Å². The fourth-order valence-electron chi connectivity index (χ4n) is 4.31. The van der Waals surface area contributed by atoms with Gasteiger partial charge in [-0.05, 0) is 42.8 Å². The van der Waals surface area contributed by atoms with Gasteiger partial charge in [-0.3, -0.25) is 4.90 Å². The smallest absolute Gasteiger partial charge is 0.231 e. The molecule has 6 nitrogen and oxygen atoms in total. The Kier molecular flexibility index (Phi) is 3.68. The van der Waals surface area contributed by atoms with Crippen LogP contribution in [0, 0.1) is 0 Å². The fraction of sp³-hybridized carbons (Fsp3) is 0.333. The summed E-state index contributed by atoms with van der Waals surface area (Å²) in [4.78, 5) is 5.76. The highest BCUT2D eigenvalue weighted by atomic mass is 16.7. The van der Waals surface area contributed by atoms with Crippen LogP contribution in [0.5, 0.6) is 23.0 Å². The molecule has 2 aromatic carbocycles. The van der Waals surface area contributed by atoms with Crippen molar-refractivity contribution in [2.45, 2.75) is 12.5 Å². The third kappa shape index (κ3) is 2.36. The van der Waals surface area contributed by atoms with Crippen LogP contribution in [0.25, 0.3) is 10.9 Å². The van der Waals surface area contributed by atoms with Gasteiger partial charge in [0.25, 0.3) is 0 Å². The zero-order valence-electron chi connectivity index (χ0n) is 15.7. The van der Waals surface area contributed by atoms with Crippen LogP contribution in [0.3, 0.4) is 0 Å². The molecule has 1 atom stereocenters. The Morgan fingerprint density at radius 3 is 2.85 bits per heavy atom. The van der Waals surface area contributed by atoms with Gasteiger partial charge in [-0.2, -0.15) is 0 Å². The number of aromatic nitrogens is 1. The van der Waals surface area contributed by atoms with E-state index in [0.29, 0.717) is 5.75 Å². The summed E-state index contributed by atoms with van der Waals surface area (Å²) in [6.07, 6.45) is 3.04. The summed E-state index contributed by atoms with van der Waals surface area (Å²) in [5.74, 6) is 3.10. The highest BCUT2D eigenvalue weighted by Crippen LogP contribution is 2.51. The molecular weight excluding hydrogens is 344 g/mol. The highest BCUT2D eigenvalue weighted by molar-refractivity contribution is 5.86. The number of methoxy groups -OCH3 is 2. The minimum Gasteiger partial charge on any atom is -0.497 e. The van der Waals surface area contributed by atoms with Gasteiger partial charge in [-0.1, -0.05) is 0 Å². The molecule has 0 saturated heterocycles. The SMILES string of the molecule is COc1ccc2c([C@H]3c4c(cc5c(c4OC)OCO5)CCN3C)c[nH]c2c1. The zero-order valence-corrected chi connectivity index (χ0v) is 15.7. The van der Waals surface area contributed by atoms with Crippen molar-refractivity contribution in [3.63, 3.8) is 0 Å². The predicted octanol–water partition coefficient (Wildman–Crippen LogP) is 3.49. The van der Waals surface area contributed by atoms with E-state index in [1.807, 2.05) is 12.1 Å². The van der Waals surface area contributed by atoms with Gasteiger partial charge in [-0.25, -0.2) is 0 Å². The van der Waals surface area contributed by atoms with Crippen LogP contribution >= 0.6 is 0 Å². The van der Waals surface area contributed by atoms with Gasteiger partial charge in [0, 0.05) is 35.3 Å². The maximum absolute atomic E-state index is 5.82. The number of rotatable bonds is 3. The molecule has 0 bridgehead atoms. The number of nitrogens with one attached hydrogen (secondary N) is 1. The van der Waals surface area contributed by atoms with Gasteiger partial charge in [-0.15, -0.1) is 0 Å². The van der Waals surface area contributed by atoms with Crippen molar-refractivity contribution >= 4 is 10.9 Å². The number of hydrogen-bond acceptors (Lipinski definition) is 5. The lowest BCUT2D eigenvalue weighted by atomic mass is 9.87. The Labute approximate surface area is 157 Å². The number of fused-ring (bicyclic) bond motifs is 3. The molecule has 5 rings (SSSR count). The van der Waals surface area contributed by atoms with E-state index < -0.39 is 0 Å². The van der Waals surface area contributed by atoms with E-state index in [2.05, 4.69) is 35.3 Å². The standard InChI is InChI=1S/C21H22N2O4/c1-23-7-6-12-8-17-20(27-11-26-17)21(25-3)18(12)19(23)15-10-22-16-9-13(24-2)4-5-14(15)16/h4-5,8-10,19,22H,6-7,11H2,1-3H3/t19-/m0/s1. The maximum Gasteiger partial charge on any atom is 0.231 e. The molecule has 0 unspecified atom stereocenters. The Bertz CT molecular complexity index is 1030. The first-order valence-corrected chi connectivity index (χ1v) is 9.06. The zero-order chi connectivity index (χ0) is 18.5. The van der Waals surface area contributed by atoms with Crippen LogP contribution in [0.1, 0.15) is 22.7 Å². The molecule has 0 spiro atoms. The first kappa shape index (κ1) is 16.3. The van der Waals surface area contributed by atoms with Gasteiger partial charge >= 0.3 is 0 Å². The van der Waals surface area contributed by atoms with E-state index in [-0.39, 0.29) is 12.8 Å². The van der Waals surface area contributed by atoms with Crippen LogP contribution in [-0.4, -0.2) is 44.5 Å². The van der Waals surface area contributed by atoms with Crippen molar-refractivity contribution in [2.75, 3.05) is 34.6 Å². The molecular formula is C21H22N2O4. The summed E-state index contributed by atoms with van der Waals surface area (Å²) >= 11 is 0.